The second-order valence-corrected chi connectivity index (χ2v) is 11.9. The highest BCUT2D eigenvalue weighted by Crippen LogP contribution is 2.40. The van der Waals surface area contributed by atoms with Crippen molar-refractivity contribution in [3.63, 3.8) is 0 Å². The van der Waals surface area contributed by atoms with Crippen molar-refractivity contribution in [1.82, 2.24) is 4.57 Å². The number of benzene rings is 2. The lowest BCUT2D eigenvalue weighted by molar-refractivity contribution is 0.0256. The molecule has 2 saturated carbocycles. The van der Waals surface area contributed by atoms with E-state index in [2.05, 4.69) is 21.4 Å². The summed E-state index contributed by atoms with van der Waals surface area (Å²) in [5, 5.41) is 10.8. The summed E-state index contributed by atoms with van der Waals surface area (Å²) in [5.41, 5.74) is 3.99. The van der Waals surface area contributed by atoms with E-state index in [9.17, 15) is 13.7 Å². The van der Waals surface area contributed by atoms with E-state index in [-0.39, 0.29) is 11.4 Å². The highest BCUT2D eigenvalue weighted by molar-refractivity contribution is 7.93. The van der Waals surface area contributed by atoms with Crippen LogP contribution in [0, 0.1) is 17.2 Å². The molecular formula is C27H29N3O4S. The lowest BCUT2D eigenvalue weighted by atomic mass is 10.1. The van der Waals surface area contributed by atoms with Gasteiger partial charge in [-0.2, -0.15) is 5.26 Å². The first-order chi connectivity index (χ1) is 17.0. The van der Waals surface area contributed by atoms with Crippen LogP contribution in [-0.4, -0.2) is 37.6 Å². The van der Waals surface area contributed by atoms with E-state index >= 15 is 0 Å². The largest absolute Gasteiger partial charge is 0.490 e. The van der Waals surface area contributed by atoms with E-state index in [1.807, 2.05) is 24.3 Å². The Morgan fingerprint density at radius 3 is 2.43 bits per heavy atom. The topological polar surface area (TPSA) is 93.4 Å². The average Bonchev–Trinajstić information content (AvgIpc) is 3.78. The number of nitrogens with zero attached hydrogens (tertiary/aromatic N) is 2. The van der Waals surface area contributed by atoms with Crippen LogP contribution < -0.4 is 9.46 Å². The van der Waals surface area contributed by atoms with Crippen LogP contribution in [0.3, 0.4) is 0 Å². The first kappa shape index (κ1) is 22.4. The van der Waals surface area contributed by atoms with E-state index in [4.69, 9.17) is 9.47 Å². The maximum Gasteiger partial charge on any atom is 0.235 e. The molecule has 2 aliphatic carbocycles. The summed E-state index contributed by atoms with van der Waals surface area (Å²) in [6, 6.07) is 15.8. The molecule has 1 N–H and O–H groups in total. The zero-order valence-electron chi connectivity index (χ0n) is 19.6. The Bertz CT molecular complexity index is 1390. The van der Waals surface area contributed by atoms with Crippen molar-refractivity contribution in [2.75, 3.05) is 17.9 Å². The number of hydrogen-bond acceptors (Lipinski definition) is 5. The van der Waals surface area contributed by atoms with Crippen LogP contribution in [0.25, 0.3) is 22.2 Å². The fraction of sp³-hybridized carbons (Fsp3) is 0.444. The molecule has 7 nitrogen and oxygen atoms in total. The molecule has 8 heteroatoms. The standard InChI is InChI=1S/C27H29N3O4S/c28-16-25-24-10-7-22(34-21-11-13-33-14-12-21)15-26(24)30(17-18-1-2-18)27(25)19-3-5-20(6-4-19)29-35(31,32)23-8-9-23/h3-7,10,15,18,21,23,29H,1-2,8-9,11-14,17H2. The molecule has 1 aromatic heterocycles. The third-order valence-corrected chi connectivity index (χ3v) is 9.01. The Kier molecular flexibility index (Phi) is 5.70. The first-order valence-corrected chi connectivity index (χ1v) is 14.0. The predicted molar refractivity (Wildman–Crippen MR) is 135 cm³/mol. The van der Waals surface area contributed by atoms with Gasteiger partial charge < -0.3 is 14.0 Å². The normalized spacial score (nSPS) is 18.9. The molecule has 0 atom stereocenters. The highest BCUT2D eigenvalue weighted by Gasteiger charge is 2.35. The third-order valence-electron chi connectivity index (χ3n) is 7.14. The SMILES string of the molecule is N#Cc1c(-c2ccc(NS(=O)(=O)C3CC3)cc2)n(CC2CC2)c2cc(OC3CCOCC3)ccc12. The number of ether oxygens (including phenoxy) is 2. The van der Waals surface area contributed by atoms with E-state index in [0.29, 0.717) is 17.2 Å². The average molecular weight is 492 g/mol. The summed E-state index contributed by atoms with van der Waals surface area (Å²) < 4.78 is 41.3. The summed E-state index contributed by atoms with van der Waals surface area (Å²) in [6.07, 6.45) is 5.75. The molecule has 2 heterocycles. The van der Waals surface area contributed by atoms with Gasteiger partial charge >= 0.3 is 0 Å². The zero-order valence-corrected chi connectivity index (χ0v) is 20.4. The van der Waals surface area contributed by atoms with E-state index in [0.717, 1.165) is 73.4 Å². The quantitative estimate of drug-likeness (QED) is 0.476. The van der Waals surface area contributed by atoms with Gasteiger partial charge in [0.1, 0.15) is 17.9 Å². The number of hydrogen-bond donors (Lipinski definition) is 1. The van der Waals surface area contributed by atoms with Crippen LogP contribution in [0.2, 0.25) is 0 Å². The zero-order chi connectivity index (χ0) is 24.0. The molecule has 35 heavy (non-hydrogen) atoms. The van der Waals surface area contributed by atoms with Gasteiger partial charge in [0.2, 0.25) is 10.0 Å². The molecule has 3 aliphatic rings. The molecular weight excluding hydrogens is 462 g/mol. The Balaban J connectivity index is 1.37. The molecule has 182 valence electrons. The van der Waals surface area contributed by atoms with E-state index in [1.54, 1.807) is 12.1 Å². The maximum absolute atomic E-state index is 12.3. The smallest absolute Gasteiger partial charge is 0.235 e. The van der Waals surface area contributed by atoms with Crippen molar-refractivity contribution in [3.8, 4) is 23.1 Å². The molecule has 1 saturated heterocycles. The van der Waals surface area contributed by atoms with Crippen LogP contribution in [-0.2, 0) is 21.3 Å². The summed E-state index contributed by atoms with van der Waals surface area (Å²) in [7, 11) is -3.31. The summed E-state index contributed by atoms with van der Waals surface area (Å²) in [5.74, 6) is 1.43. The minimum atomic E-state index is -3.31. The maximum atomic E-state index is 12.3. The van der Waals surface area contributed by atoms with Gasteiger partial charge in [-0.1, -0.05) is 12.1 Å². The molecule has 0 radical (unpaired) electrons. The minimum Gasteiger partial charge on any atom is -0.490 e. The summed E-state index contributed by atoms with van der Waals surface area (Å²) in [4.78, 5) is 0. The molecule has 3 aromatic rings. The number of aromatic nitrogens is 1. The second-order valence-electron chi connectivity index (χ2n) is 9.92. The van der Waals surface area contributed by atoms with Gasteiger partial charge in [-0.3, -0.25) is 4.72 Å². The predicted octanol–water partition coefficient (Wildman–Crippen LogP) is 5.05. The molecule has 1 aliphatic heterocycles. The molecule has 6 rings (SSSR count). The Morgan fingerprint density at radius 1 is 1.03 bits per heavy atom. The van der Waals surface area contributed by atoms with Crippen molar-refractivity contribution in [3.05, 3.63) is 48.0 Å². The molecule has 0 bridgehead atoms. The fourth-order valence-corrected chi connectivity index (χ4v) is 6.26. The van der Waals surface area contributed by atoms with Gasteiger partial charge in [0.15, 0.2) is 0 Å². The fourth-order valence-electron chi connectivity index (χ4n) is 4.87. The van der Waals surface area contributed by atoms with Gasteiger partial charge in [0, 0.05) is 36.5 Å². The number of sulfonamides is 1. The molecule has 3 fully saturated rings. The van der Waals surface area contributed by atoms with Crippen molar-refractivity contribution in [1.29, 1.82) is 5.26 Å². The molecule has 0 spiro atoms. The van der Waals surface area contributed by atoms with Crippen LogP contribution in [0.1, 0.15) is 44.1 Å². The summed E-state index contributed by atoms with van der Waals surface area (Å²) >= 11 is 0. The van der Waals surface area contributed by atoms with Gasteiger partial charge in [-0.25, -0.2) is 8.42 Å². The monoisotopic (exact) mass is 491 g/mol. The Morgan fingerprint density at radius 2 is 1.77 bits per heavy atom. The van der Waals surface area contributed by atoms with Crippen molar-refractivity contribution in [2.24, 2.45) is 5.92 Å². The number of fused-ring (bicyclic) bond motifs is 1. The number of nitriles is 1. The lowest BCUT2D eigenvalue weighted by Gasteiger charge is -2.23. The van der Waals surface area contributed by atoms with Crippen molar-refractivity contribution in [2.45, 2.75) is 56.4 Å². The van der Waals surface area contributed by atoms with Crippen LogP contribution in [0.4, 0.5) is 5.69 Å². The third kappa shape index (κ3) is 4.63. The second kappa shape index (κ2) is 8.89. The summed E-state index contributed by atoms with van der Waals surface area (Å²) in [6.45, 7) is 2.30. The van der Waals surface area contributed by atoms with Crippen LogP contribution in [0.5, 0.6) is 5.75 Å². The molecule has 2 aromatic carbocycles. The first-order valence-electron chi connectivity index (χ1n) is 12.4. The van der Waals surface area contributed by atoms with Gasteiger partial charge in [-0.05, 0) is 61.4 Å². The van der Waals surface area contributed by atoms with Crippen LogP contribution >= 0.6 is 0 Å². The van der Waals surface area contributed by atoms with Gasteiger partial charge in [-0.15, -0.1) is 0 Å². The highest BCUT2D eigenvalue weighted by atomic mass is 32.2. The van der Waals surface area contributed by atoms with E-state index in [1.165, 1.54) is 12.8 Å². The number of rotatable bonds is 8. The Hall–Kier alpha value is -3.02. The van der Waals surface area contributed by atoms with Gasteiger partial charge in [0.25, 0.3) is 0 Å². The Labute approximate surface area is 205 Å². The van der Waals surface area contributed by atoms with E-state index < -0.39 is 10.0 Å². The number of anilines is 1. The van der Waals surface area contributed by atoms with Gasteiger partial charge in [0.05, 0.1) is 35.2 Å². The lowest BCUT2D eigenvalue weighted by Crippen LogP contribution is -2.25. The van der Waals surface area contributed by atoms with Crippen molar-refractivity contribution >= 4 is 26.6 Å². The number of nitrogens with one attached hydrogen (secondary N) is 1. The minimum absolute atomic E-state index is 0.148. The van der Waals surface area contributed by atoms with Crippen molar-refractivity contribution < 1.29 is 17.9 Å². The van der Waals surface area contributed by atoms with Crippen LogP contribution in [0.15, 0.2) is 42.5 Å². The molecule has 0 unspecified atom stereocenters. The molecule has 0 amide bonds.